The predicted molar refractivity (Wildman–Crippen MR) is 125 cm³/mol. The molecule has 0 saturated heterocycles. The first-order valence-electron chi connectivity index (χ1n) is 10.3. The predicted octanol–water partition coefficient (Wildman–Crippen LogP) is 4.68. The van der Waals surface area contributed by atoms with Crippen molar-refractivity contribution >= 4 is 28.9 Å². The fourth-order valence-corrected chi connectivity index (χ4v) is 3.42. The lowest BCUT2D eigenvalue weighted by molar-refractivity contribution is -0.383. The first-order chi connectivity index (χ1) is 16.9. The molecule has 0 unspecified atom stereocenters. The minimum Gasteiger partial charge on any atom is -0.334 e. The average molecular weight is 476 g/mol. The Bertz CT molecular complexity index is 1320. The first-order valence-corrected chi connectivity index (χ1v) is 10.3. The molecule has 3 aromatic carbocycles. The van der Waals surface area contributed by atoms with Gasteiger partial charge < -0.3 is 5.32 Å². The van der Waals surface area contributed by atoms with E-state index in [9.17, 15) is 23.7 Å². The number of hydrogen-bond donors (Lipinski definition) is 3. The van der Waals surface area contributed by atoms with E-state index in [2.05, 4.69) is 26.1 Å². The fourth-order valence-electron chi connectivity index (χ4n) is 3.42. The molecule has 0 fully saturated rings. The van der Waals surface area contributed by atoms with Gasteiger partial charge in [0.25, 0.3) is 0 Å². The molecule has 11 heteroatoms. The van der Waals surface area contributed by atoms with Gasteiger partial charge in [0.1, 0.15) is 6.33 Å². The number of aromatic nitrogens is 2. The number of benzene rings is 3. The van der Waals surface area contributed by atoms with Crippen LogP contribution in [-0.4, -0.2) is 20.8 Å². The maximum atomic E-state index is 13.5. The van der Waals surface area contributed by atoms with Crippen LogP contribution in [0.15, 0.2) is 85.2 Å². The summed E-state index contributed by atoms with van der Waals surface area (Å²) >= 11 is 0. The van der Waals surface area contributed by atoms with E-state index in [1.165, 1.54) is 6.07 Å². The molecule has 0 spiro atoms. The van der Waals surface area contributed by atoms with Crippen molar-refractivity contribution in [2.24, 2.45) is 0 Å². The van der Waals surface area contributed by atoms with E-state index in [-0.39, 0.29) is 17.3 Å². The van der Waals surface area contributed by atoms with Crippen LogP contribution in [0.3, 0.4) is 0 Å². The molecule has 4 rings (SSSR count). The maximum Gasteiger partial charge on any atom is 0.355 e. The van der Waals surface area contributed by atoms with Gasteiger partial charge in [-0.05, 0) is 23.3 Å². The normalized spacial score (nSPS) is 10.6. The van der Waals surface area contributed by atoms with Crippen molar-refractivity contribution in [2.45, 2.75) is 5.92 Å². The van der Waals surface area contributed by atoms with Crippen LogP contribution in [0.4, 0.5) is 31.8 Å². The van der Waals surface area contributed by atoms with Crippen LogP contribution in [0.2, 0.25) is 0 Å². The van der Waals surface area contributed by atoms with Gasteiger partial charge in [0.05, 0.1) is 10.8 Å². The summed E-state index contributed by atoms with van der Waals surface area (Å²) in [6, 6.07) is 21.0. The van der Waals surface area contributed by atoms with Gasteiger partial charge >= 0.3 is 5.69 Å². The molecular weight excluding hydrogens is 458 g/mol. The molecule has 0 atom stereocenters. The van der Waals surface area contributed by atoms with Crippen molar-refractivity contribution in [1.29, 1.82) is 0 Å². The van der Waals surface area contributed by atoms with Crippen molar-refractivity contribution in [3.8, 4) is 0 Å². The first kappa shape index (κ1) is 23.2. The number of nitrogens with zero attached hydrogens (tertiary/aromatic N) is 3. The highest BCUT2D eigenvalue weighted by molar-refractivity contribution is 5.88. The van der Waals surface area contributed by atoms with Crippen molar-refractivity contribution in [1.82, 2.24) is 15.4 Å². The molecule has 0 aliphatic carbocycles. The minimum absolute atomic E-state index is 0.0360. The third kappa shape index (κ3) is 5.36. The summed E-state index contributed by atoms with van der Waals surface area (Å²) in [5.41, 5.74) is 5.84. The lowest BCUT2D eigenvalue weighted by Gasteiger charge is -2.18. The Morgan fingerprint density at radius 3 is 2.03 bits per heavy atom. The van der Waals surface area contributed by atoms with Gasteiger partial charge in [0.15, 0.2) is 11.6 Å². The summed E-state index contributed by atoms with van der Waals surface area (Å²) in [5.74, 6) is -3.97. The fraction of sp³-hybridized carbons (Fsp3) is 0.0417. The third-order valence-corrected chi connectivity index (χ3v) is 5.02. The zero-order valence-corrected chi connectivity index (χ0v) is 18.0. The summed E-state index contributed by atoms with van der Waals surface area (Å²) in [7, 11) is 0. The van der Waals surface area contributed by atoms with Gasteiger partial charge in [-0.1, -0.05) is 60.7 Å². The summed E-state index contributed by atoms with van der Waals surface area (Å²) in [5, 5.41) is 14.3. The topological polar surface area (TPSA) is 122 Å². The van der Waals surface area contributed by atoms with E-state index < -0.39 is 34.1 Å². The number of amides is 1. The zero-order valence-electron chi connectivity index (χ0n) is 18.0. The smallest absolute Gasteiger partial charge is 0.334 e. The van der Waals surface area contributed by atoms with Gasteiger partial charge in [0.2, 0.25) is 17.5 Å². The Hall–Kier alpha value is -4.93. The molecular formula is C24H18F2N6O3. The number of carbonyl (C=O) groups is 1. The summed E-state index contributed by atoms with van der Waals surface area (Å²) in [6.07, 6.45) is 1.02. The second-order valence-electron chi connectivity index (χ2n) is 7.30. The molecule has 0 bridgehead atoms. The van der Waals surface area contributed by atoms with E-state index >= 15 is 0 Å². The summed E-state index contributed by atoms with van der Waals surface area (Å²) in [6.45, 7) is 0. The number of nitro groups is 1. The summed E-state index contributed by atoms with van der Waals surface area (Å²) in [4.78, 5) is 31.9. The maximum absolute atomic E-state index is 13.5. The van der Waals surface area contributed by atoms with Crippen molar-refractivity contribution in [2.75, 3.05) is 10.7 Å². The highest BCUT2D eigenvalue weighted by atomic mass is 19.2. The standard InChI is InChI=1S/C24H18F2N6O3/c25-18-12-11-17(13-19(18)26)29-22-21(32(34)35)23(28-14-27-22)30-31-24(33)20(15-7-3-1-4-8-15)16-9-5-2-6-10-16/h1-14,20H,(H,31,33)(H2,27,28,29,30). The molecule has 0 aliphatic heterocycles. The Labute approximate surface area is 198 Å². The van der Waals surface area contributed by atoms with Crippen LogP contribution in [-0.2, 0) is 4.79 Å². The molecule has 3 N–H and O–H groups in total. The monoisotopic (exact) mass is 476 g/mol. The quantitative estimate of drug-likeness (QED) is 0.249. The molecule has 1 heterocycles. The zero-order chi connectivity index (χ0) is 24.8. The van der Waals surface area contributed by atoms with Gasteiger partial charge in [-0.25, -0.2) is 18.7 Å². The SMILES string of the molecule is O=C(NNc1ncnc(Nc2ccc(F)c(F)c2)c1[N+](=O)[O-])C(c1ccccc1)c1ccccc1. The third-order valence-electron chi connectivity index (χ3n) is 5.02. The van der Waals surface area contributed by atoms with Crippen molar-refractivity contribution in [3.63, 3.8) is 0 Å². The molecule has 0 saturated carbocycles. The van der Waals surface area contributed by atoms with Gasteiger partial charge in [-0.3, -0.25) is 25.8 Å². The molecule has 0 radical (unpaired) electrons. The lowest BCUT2D eigenvalue weighted by Crippen LogP contribution is -2.35. The molecule has 4 aromatic rings. The van der Waals surface area contributed by atoms with Crippen LogP contribution >= 0.6 is 0 Å². The molecule has 176 valence electrons. The second kappa shape index (κ2) is 10.3. The number of rotatable bonds is 8. The molecule has 1 aromatic heterocycles. The number of halogens is 2. The van der Waals surface area contributed by atoms with Crippen LogP contribution in [0.5, 0.6) is 0 Å². The number of nitrogens with one attached hydrogen (secondary N) is 3. The number of hydrogen-bond acceptors (Lipinski definition) is 7. The molecule has 9 nitrogen and oxygen atoms in total. The van der Waals surface area contributed by atoms with Crippen molar-refractivity contribution < 1.29 is 18.5 Å². The average Bonchev–Trinajstić information content (AvgIpc) is 2.86. The number of anilines is 3. The van der Waals surface area contributed by atoms with Gasteiger partial charge in [0, 0.05) is 11.8 Å². The Balaban J connectivity index is 1.59. The number of hydrazine groups is 1. The van der Waals surface area contributed by atoms with Crippen LogP contribution in [0, 0.1) is 21.7 Å². The highest BCUT2D eigenvalue weighted by Crippen LogP contribution is 2.31. The Kier molecular flexibility index (Phi) is 6.86. The Morgan fingerprint density at radius 1 is 0.857 bits per heavy atom. The Morgan fingerprint density at radius 2 is 1.46 bits per heavy atom. The van der Waals surface area contributed by atoms with Crippen LogP contribution < -0.4 is 16.2 Å². The van der Waals surface area contributed by atoms with Gasteiger partial charge in [-0.2, -0.15) is 0 Å². The van der Waals surface area contributed by atoms with Crippen molar-refractivity contribution in [3.05, 3.63) is 118 Å². The molecule has 1 amide bonds. The van der Waals surface area contributed by atoms with Crippen LogP contribution in [0.25, 0.3) is 0 Å². The van der Waals surface area contributed by atoms with E-state index in [0.717, 1.165) is 29.6 Å². The lowest BCUT2D eigenvalue weighted by atomic mass is 9.91. The largest absolute Gasteiger partial charge is 0.355 e. The molecule has 0 aliphatic rings. The van der Waals surface area contributed by atoms with Gasteiger partial charge in [-0.15, -0.1) is 0 Å². The summed E-state index contributed by atoms with van der Waals surface area (Å²) < 4.78 is 26.8. The van der Waals surface area contributed by atoms with Crippen LogP contribution in [0.1, 0.15) is 17.0 Å². The highest BCUT2D eigenvalue weighted by Gasteiger charge is 2.26. The van der Waals surface area contributed by atoms with E-state index in [4.69, 9.17) is 0 Å². The van der Waals surface area contributed by atoms with E-state index in [0.29, 0.717) is 0 Å². The van der Waals surface area contributed by atoms with E-state index in [1.807, 2.05) is 12.1 Å². The second-order valence-corrected chi connectivity index (χ2v) is 7.30. The minimum atomic E-state index is -1.13. The molecule has 35 heavy (non-hydrogen) atoms. The number of carbonyl (C=O) groups excluding carboxylic acids is 1. The van der Waals surface area contributed by atoms with E-state index in [1.54, 1.807) is 48.5 Å².